The van der Waals surface area contributed by atoms with Crippen molar-refractivity contribution in [3.05, 3.63) is 24.3 Å². The number of thioether (sulfide) groups is 1. The Kier molecular flexibility index (Phi) is 3.94. The quantitative estimate of drug-likeness (QED) is 0.905. The minimum absolute atomic E-state index is 0.172. The lowest BCUT2D eigenvalue weighted by Crippen LogP contribution is -2.26. The van der Waals surface area contributed by atoms with Crippen LogP contribution in [0.25, 0.3) is 0 Å². The summed E-state index contributed by atoms with van der Waals surface area (Å²) in [5.41, 5.74) is 0.397. The van der Waals surface area contributed by atoms with E-state index in [1.165, 1.54) is 12.1 Å². The lowest BCUT2D eigenvalue weighted by Gasteiger charge is -2.20. The van der Waals surface area contributed by atoms with Crippen LogP contribution in [0, 0.1) is 0 Å². The first-order chi connectivity index (χ1) is 8.46. The summed E-state index contributed by atoms with van der Waals surface area (Å²) in [4.78, 5) is 0. The molecule has 0 aromatic heterocycles. The summed E-state index contributed by atoms with van der Waals surface area (Å²) in [5, 5.41) is 3.53. The highest BCUT2D eigenvalue weighted by atomic mass is 32.2. The van der Waals surface area contributed by atoms with Gasteiger partial charge in [-0.05, 0) is 24.3 Å². The number of ether oxygens (including phenoxy) is 1. The van der Waals surface area contributed by atoms with Gasteiger partial charge in [-0.3, -0.25) is 0 Å². The zero-order valence-corrected chi connectivity index (χ0v) is 10.6. The third-order valence-electron chi connectivity index (χ3n) is 2.83. The molecule has 2 unspecified atom stereocenters. The van der Waals surface area contributed by atoms with Crippen molar-refractivity contribution in [3.63, 3.8) is 0 Å². The Labute approximate surface area is 108 Å². The van der Waals surface area contributed by atoms with Crippen LogP contribution in [0.5, 0.6) is 5.75 Å². The van der Waals surface area contributed by atoms with E-state index in [1.54, 1.807) is 12.1 Å². The number of benzene rings is 1. The summed E-state index contributed by atoms with van der Waals surface area (Å²) in [5.74, 6) is 0.857. The van der Waals surface area contributed by atoms with Gasteiger partial charge in [-0.2, -0.15) is 11.8 Å². The van der Waals surface area contributed by atoms with Crippen molar-refractivity contribution < 1.29 is 17.9 Å². The lowest BCUT2D eigenvalue weighted by atomic mass is 10.1. The third kappa shape index (κ3) is 3.48. The van der Waals surface area contributed by atoms with Gasteiger partial charge in [0.05, 0.1) is 5.69 Å². The van der Waals surface area contributed by atoms with E-state index in [-0.39, 0.29) is 11.8 Å². The van der Waals surface area contributed by atoms with Crippen LogP contribution in [-0.2, 0) is 0 Å². The number of anilines is 1. The maximum atomic E-state index is 12.3. The van der Waals surface area contributed by atoms with Gasteiger partial charge in [0, 0.05) is 11.3 Å². The van der Waals surface area contributed by atoms with Gasteiger partial charge in [-0.25, -0.2) is 0 Å². The van der Waals surface area contributed by atoms with Gasteiger partial charge in [-0.15, -0.1) is 13.2 Å². The Morgan fingerprint density at radius 2 is 2.06 bits per heavy atom. The fourth-order valence-corrected chi connectivity index (χ4v) is 3.12. The second-order valence-electron chi connectivity index (χ2n) is 4.16. The minimum Gasteiger partial charge on any atom is -0.404 e. The number of hydrogen-bond acceptors (Lipinski definition) is 3. The largest absolute Gasteiger partial charge is 0.573 e. The van der Waals surface area contributed by atoms with Crippen LogP contribution in [0.15, 0.2) is 24.3 Å². The van der Waals surface area contributed by atoms with Gasteiger partial charge < -0.3 is 10.1 Å². The molecule has 0 saturated carbocycles. The van der Waals surface area contributed by atoms with Crippen molar-refractivity contribution in [1.29, 1.82) is 0 Å². The van der Waals surface area contributed by atoms with E-state index in [2.05, 4.69) is 17.0 Å². The molecule has 1 fully saturated rings. The van der Waals surface area contributed by atoms with E-state index in [1.807, 2.05) is 11.8 Å². The molecule has 0 radical (unpaired) electrons. The number of nitrogens with one attached hydrogen (secondary N) is 1. The molecule has 100 valence electrons. The summed E-state index contributed by atoms with van der Waals surface area (Å²) in [6, 6.07) is 6.34. The highest BCUT2D eigenvalue weighted by Crippen LogP contribution is 2.34. The van der Waals surface area contributed by atoms with Gasteiger partial charge in [-0.1, -0.05) is 19.1 Å². The lowest BCUT2D eigenvalue weighted by molar-refractivity contribution is -0.274. The molecule has 1 aliphatic heterocycles. The van der Waals surface area contributed by atoms with Crippen LogP contribution >= 0.6 is 11.8 Å². The molecule has 2 atom stereocenters. The second-order valence-corrected chi connectivity index (χ2v) is 5.64. The maximum absolute atomic E-state index is 12.3. The van der Waals surface area contributed by atoms with Crippen molar-refractivity contribution >= 4 is 17.4 Å². The SMILES string of the molecule is CC1SCCC1Nc1ccccc1OC(F)(F)F. The predicted molar refractivity (Wildman–Crippen MR) is 67.1 cm³/mol. The van der Waals surface area contributed by atoms with Gasteiger partial charge in [0.25, 0.3) is 0 Å². The molecule has 0 bridgehead atoms. The Hall–Kier alpha value is -1.04. The van der Waals surface area contributed by atoms with Crippen LogP contribution in [0.2, 0.25) is 0 Å². The molecule has 1 saturated heterocycles. The van der Waals surface area contributed by atoms with E-state index < -0.39 is 6.36 Å². The predicted octanol–water partition coefficient (Wildman–Crippen LogP) is 3.89. The van der Waals surface area contributed by atoms with E-state index >= 15 is 0 Å². The van der Waals surface area contributed by atoms with Crippen LogP contribution < -0.4 is 10.1 Å². The molecule has 1 aromatic rings. The van der Waals surface area contributed by atoms with E-state index in [0.717, 1.165) is 12.2 Å². The van der Waals surface area contributed by atoms with Crippen LogP contribution in [0.4, 0.5) is 18.9 Å². The normalized spacial score (nSPS) is 24.0. The first-order valence-electron chi connectivity index (χ1n) is 5.68. The first-order valence-corrected chi connectivity index (χ1v) is 6.73. The number of alkyl halides is 3. The smallest absolute Gasteiger partial charge is 0.404 e. The molecule has 1 aliphatic rings. The van der Waals surface area contributed by atoms with Gasteiger partial charge in [0.1, 0.15) is 0 Å². The molecule has 0 aliphatic carbocycles. The second kappa shape index (κ2) is 5.30. The van der Waals surface area contributed by atoms with Crippen molar-refractivity contribution in [2.45, 2.75) is 31.0 Å². The zero-order valence-electron chi connectivity index (χ0n) is 9.83. The molecule has 1 heterocycles. The summed E-state index contributed by atoms with van der Waals surface area (Å²) in [7, 11) is 0. The average molecular weight is 277 g/mol. The highest BCUT2D eigenvalue weighted by Gasteiger charge is 2.32. The molecule has 2 rings (SSSR count). The average Bonchev–Trinajstić information content (AvgIpc) is 2.65. The molecule has 1 N–H and O–H groups in total. The van der Waals surface area contributed by atoms with Crippen molar-refractivity contribution in [1.82, 2.24) is 0 Å². The third-order valence-corrected chi connectivity index (χ3v) is 4.16. The Morgan fingerprint density at radius 1 is 1.33 bits per heavy atom. The summed E-state index contributed by atoms with van der Waals surface area (Å²) >= 11 is 1.82. The van der Waals surface area contributed by atoms with Crippen LogP contribution in [-0.4, -0.2) is 23.4 Å². The maximum Gasteiger partial charge on any atom is 0.573 e. The van der Waals surface area contributed by atoms with Gasteiger partial charge in [0.2, 0.25) is 0 Å². The Morgan fingerprint density at radius 3 is 2.67 bits per heavy atom. The van der Waals surface area contributed by atoms with E-state index in [0.29, 0.717) is 10.9 Å². The number of halogens is 3. The van der Waals surface area contributed by atoms with Crippen LogP contribution in [0.3, 0.4) is 0 Å². The molecule has 2 nitrogen and oxygen atoms in total. The highest BCUT2D eigenvalue weighted by molar-refractivity contribution is 8.00. The monoisotopic (exact) mass is 277 g/mol. The molecule has 0 spiro atoms. The van der Waals surface area contributed by atoms with Crippen molar-refractivity contribution in [3.8, 4) is 5.75 Å². The fraction of sp³-hybridized carbons (Fsp3) is 0.500. The standard InChI is InChI=1S/C12H14F3NOS/c1-8-9(6-7-18-8)16-10-4-2-3-5-11(10)17-12(13,14)15/h2-5,8-9,16H,6-7H2,1H3. The minimum atomic E-state index is -4.66. The molecular formula is C12H14F3NOS. The molecule has 1 aromatic carbocycles. The fourth-order valence-electron chi connectivity index (χ4n) is 1.92. The van der Waals surface area contributed by atoms with Crippen molar-refractivity contribution in [2.24, 2.45) is 0 Å². The van der Waals surface area contributed by atoms with Crippen LogP contribution in [0.1, 0.15) is 13.3 Å². The number of rotatable bonds is 3. The van der Waals surface area contributed by atoms with Gasteiger partial charge in [0.15, 0.2) is 5.75 Å². The summed E-state index contributed by atoms with van der Waals surface area (Å²) < 4.78 is 40.8. The van der Waals surface area contributed by atoms with Gasteiger partial charge >= 0.3 is 6.36 Å². The number of hydrogen-bond donors (Lipinski definition) is 1. The number of para-hydroxylation sites is 2. The summed E-state index contributed by atoms with van der Waals surface area (Å²) in [6.07, 6.45) is -3.71. The molecule has 6 heteroatoms. The topological polar surface area (TPSA) is 21.3 Å². The van der Waals surface area contributed by atoms with Crippen molar-refractivity contribution in [2.75, 3.05) is 11.1 Å². The summed E-state index contributed by atoms with van der Waals surface area (Å²) in [6.45, 7) is 2.07. The molecule has 0 amide bonds. The Bertz CT molecular complexity index is 411. The molecular weight excluding hydrogens is 263 g/mol. The van der Waals surface area contributed by atoms with E-state index in [4.69, 9.17) is 0 Å². The zero-order chi connectivity index (χ0) is 13.2. The first kappa shape index (κ1) is 13.4. The van der Waals surface area contributed by atoms with E-state index in [9.17, 15) is 13.2 Å². The molecule has 18 heavy (non-hydrogen) atoms. The Balaban J connectivity index is 2.12.